The van der Waals surface area contributed by atoms with Gasteiger partial charge >= 0.3 is 0 Å². The van der Waals surface area contributed by atoms with Crippen LogP contribution in [0.15, 0.2) is 47.1 Å². The molecule has 3 aromatic rings. The van der Waals surface area contributed by atoms with E-state index in [1.54, 1.807) is 13.1 Å². The third kappa shape index (κ3) is 3.88. The third-order valence-electron chi connectivity index (χ3n) is 5.34. The molecule has 1 aliphatic carbocycles. The molecule has 4 rings (SSSR count). The Morgan fingerprint density at radius 1 is 1.24 bits per heavy atom. The van der Waals surface area contributed by atoms with Gasteiger partial charge in [-0.05, 0) is 36.5 Å². The van der Waals surface area contributed by atoms with Crippen LogP contribution in [-0.2, 0) is 12.8 Å². The van der Waals surface area contributed by atoms with Crippen molar-refractivity contribution < 1.29 is 14.0 Å². The van der Waals surface area contributed by atoms with Gasteiger partial charge in [0.15, 0.2) is 11.5 Å². The van der Waals surface area contributed by atoms with Gasteiger partial charge in [-0.25, -0.2) is 4.68 Å². The molecule has 2 aromatic heterocycles. The maximum Gasteiger partial charge on any atom is 0.287 e. The van der Waals surface area contributed by atoms with Crippen LogP contribution in [0.1, 0.15) is 58.1 Å². The van der Waals surface area contributed by atoms with E-state index in [0.29, 0.717) is 42.7 Å². The van der Waals surface area contributed by atoms with Crippen molar-refractivity contribution in [3.8, 4) is 5.69 Å². The number of fused-ring (bicyclic) bond motifs is 1. The van der Waals surface area contributed by atoms with Crippen molar-refractivity contribution in [1.82, 2.24) is 15.1 Å². The van der Waals surface area contributed by atoms with Crippen LogP contribution in [0.3, 0.4) is 0 Å². The Kier molecular flexibility index (Phi) is 4.86. The fourth-order valence-corrected chi connectivity index (χ4v) is 3.91. The fraction of sp³-hybridized carbons (Fsp3) is 0.348. The van der Waals surface area contributed by atoms with Crippen LogP contribution in [0.2, 0.25) is 0 Å². The summed E-state index contributed by atoms with van der Waals surface area (Å²) in [5.74, 6) is 0.668. The van der Waals surface area contributed by atoms with Gasteiger partial charge in [-0.1, -0.05) is 32.0 Å². The maximum atomic E-state index is 12.6. The molecule has 29 heavy (non-hydrogen) atoms. The predicted molar refractivity (Wildman–Crippen MR) is 109 cm³/mol. The average molecular weight is 391 g/mol. The molecule has 0 atom stereocenters. The van der Waals surface area contributed by atoms with Crippen molar-refractivity contribution in [3.63, 3.8) is 0 Å². The van der Waals surface area contributed by atoms with E-state index < -0.39 is 0 Å². The van der Waals surface area contributed by atoms with Gasteiger partial charge in [0.05, 0.1) is 17.4 Å². The molecule has 0 spiro atoms. The van der Waals surface area contributed by atoms with Crippen molar-refractivity contribution in [2.24, 2.45) is 5.41 Å². The zero-order chi connectivity index (χ0) is 20.6. The molecule has 2 heterocycles. The number of carbonyl (C=O) groups excluding carboxylic acids is 2. The van der Waals surface area contributed by atoms with Gasteiger partial charge in [0.2, 0.25) is 0 Å². The van der Waals surface area contributed by atoms with Crippen molar-refractivity contribution in [2.75, 3.05) is 6.54 Å². The number of amides is 1. The summed E-state index contributed by atoms with van der Waals surface area (Å²) in [6.07, 6.45) is 5.56. The Morgan fingerprint density at radius 3 is 2.76 bits per heavy atom. The lowest BCUT2D eigenvalue weighted by Gasteiger charge is -2.27. The summed E-state index contributed by atoms with van der Waals surface area (Å²) in [7, 11) is 0. The molecule has 1 aromatic carbocycles. The van der Waals surface area contributed by atoms with Gasteiger partial charge in [0.25, 0.3) is 5.91 Å². The summed E-state index contributed by atoms with van der Waals surface area (Å²) in [5.41, 5.74) is 3.13. The number of rotatable bonds is 5. The number of nitrogens with zero attached hydrogens (tertiary/aromatic N) is 2. The molecule has 0 fully saturated rings. The van der Waals surface area contributed by atoms with Gasteiger partial charge in [-0.2, -0.15) is 5.10 Å². The van der Waals surface area contributed by atoms with Gasteiger partial charge in [0.1, 0.15) is 5.76 Å². The number of para-hydroxylation sites is 1. The summed E-state index contributed by atoms with van der Waals surface area (Å²) < 4.78 is 7.63. The number of benzene rings is 1. The molecule has 6 nitrogen and oxygen atoms in total. The lowest BCUT2D eigenvalue weighted by molar-refractivity contribution is 0.0889. The monoisotopic (exact) mass is 391 g/mol. The maximum absolute atomic E-state index is 12.6. The molecule has 0 aliphatic heterocycles. The van der Waals surface area contributed by atoms with Crippen molar-refractivity contribution in [2.45, 2.75) is 40.0 Å². The van der Waals surface area contributed by atoms with Crippen LogP contribution in [-0.4, -0.2) is 28.0 Å². The highest BCUT2D eigenvalue weighted by atomic mass is 16.4. The van der Waals surface area contributed by atoms with E-state index in [0.717, 1.165) is 11.3 Å². The number of hydrogen-bond donors (Lipinski definition) is 1. The average Bonchev–Trinajstić information content (AvgIpc) is 3.26. The van der Waals surface area contributed by atoms with E-state index in [-0.39, 0.29) is 22.9 Å². The Hall–Kier alpha value is -3.15. The first-order valence-corrected chi connectivity index (χ1v) is 9.87. The highest BCUT2D eigenvalue weighted by Gasteiger charge is 2.36. The van der Waals surface area contributed by atoms with Crippen LogP contribution in [0.5, 0.6) is 0 Å². The molecule has 0 bridgehead atoms. The van der Waals surface area contributed by atoms with E-state index in [2.05, 4.69) is 10.4 Å². The van der Waals surface area contributed by atoms with Crippen molar-refractivity contribution in [3.05, 3.63) is 70.9 Å². The van der Waals surface area contributed by atoms with Crippen molar-refractivity contribution in [1.29, 1.82) is 0 Å². The van der Waals surface area contributed by atoms with E-state index in [1.165, 1.54) is 0 Å². The first-order chi connectivity index (χ1) is 13.8. The van der Waals surface area contributed by atoms with E-state index >= 15 is 0 Å². The second-order valence-electron chi connectivity index (χ2n) is 8.43. The molecule has 0 radical (unpaired) electrons. The topological polar surface area (TPSA) is 77.1 Å². The fourth-order valence-electron chi connectivity index (χ4n) is 3.91. The minimum Gasteiger partial charge on any atom is -0.455 e. The number of aromatic nitrogens is 2. The molecule has 0 saturated heterocycles. The van der Waals surface area contributed by atoms with Crippen LogP contribution < -0.4 is 5.32 Å². The van der Waals surface area contributed by atoms with Crippen molar-refractivity contribution >= 4 is 11.7 Å². The standard InChI is InChI=1S/C23H25N3O3/c1-15-20-18(27)11-23(2,3)12-19(20)29-21(15)22(28)24-10-9-16-13-25-26(14-16)17-7-5-4-6-8-17/h4-8,13-14H,9-12H2,1-3H3,(H,24,28). The predicted octanol–water partition coefficient (Wildman–Crippen LogP) is 3.90. The normalized spacial score (nSPS) is 15.2. The quantitative estimate of drug-likeness (QED) is 0.716. The lowest BCUT2D eigenvalue weighted by Crippen LogP contribution is -2.26. The molecule has 0 unspecified atom stereocenters. The van der Waals surface area contributed by atoms with E-state index in [1.807, 2.05) is 55.1 Å². The number of ketones is 1. The van der Waals surface area contributed by atoms with Gasteiger partial charge < -0.3 is 9.73 Å². The number of carbonyl (C=O) groups is 2. The first-order valence-electron chi connectivity index (χ1n) is 9.87. The minimum atomic E-state index is -0.280. The number of hydrogen-bond acceptors (Lipinski definition) is 4. The summed E-state index contributed by atoms with van der Waals surface area (Å²) in [6, 6.07) is 9.87. The zero-order valence-electron chi connectivity index (χ0n) is 17.0. The summed E-state index contributed by atoms with van der Waals surface area (Å²) >= 11 is 0. The van der Waals surface area contributed by atoms with E-state index in [4.69, 9.17) is 4.42 Å². The molecule has 1 amide bonds. The molecular formula is C23H25N3O3. The van der Waals surface area contributed by atoms with Crippen LogP contribution in [0, 0.1) is 12.3 Å². The van der Waals surface area contributed by atoms with Crippen LogP contribution in [0.25, 0.3) is 5.69 Å². The van der Waals surface area contributed by atoms with Gasteiger partial charge in [0, 0.05) is 31.1 Å². The van der Waals surface area contributed by atoms with Gasteiger partial charge in [-0.15, -0.1) is 0 Å². The highest BCUT2D eigenvalue weighted by molar-refractivity contribution is 6.03. The molecule has 150 valence electrons. The second-order valence-corrected chi connectivity index (χ2v) is 8.43. The Morgan fingerprint density at radius 2 is 2.00 bits per heavy atom. The number of Topliss-reactive ketones (excluding diaryl/α,β-unsaturated/α-hetero) is 1. The zero-order valence-corrected chi connectivity index (χ0v) is 17.0. The molecular weight excluding hydrogens is 366 g/mol. The lowest BCUT2D eigenvalue weighted by atomic mass is 9.76. The summed E-state index contributed by atoms with van der Waals surface area (Å²) in [4.78, 5) is 25.1. The molecule has 0 saturated carbocycles. The van der Waals surface area contributed by atoms with E-state index in [9.17, 15) is 9.59 Å². The summed E-state index contributed by atoms with van der Waals surface area (Å²) in [5, 5.41) is 7.27. The molecule has 1 aliphatic rings. The number of furan rings is 1. The Balaban J connectivity index is 1.40. The minimum absolute atomic E-state index is 0.0601. The van der Waals surface area contributed by atoms with Crippen LogP contribution >= 0.6 is 0 Å². The van der Waals surface area contributed by atoms with Gasteiger partial charge in [-0.3, -0.25) is 9.59 Å². The Labute approximate surface area is 169 Å². The summed E-state index contributed by atoms with van der Waals surface area (Å²) in [6.45, 7) is 6.34. The highest BCUT2D eigenvalue weighted by Crippen LogP contribution is 2.38. The third-order valence-corrected chi connectivity index (χ3v) is 5.34. The number of nitrogens with one attached hydrogen (secondary N) is 1. The van der Waals surface area contributed by atoms with Crippen LogP contribution in [0.4, 0.5) is 0 Å². The molecule has 6 heteroatoms. The second kappa shape index (κ2) is 7.35. The molecule has 1 N–H and O–H groups in total. The first kappa shape index (κ1) is 19.2. The SMILES string of the molecule is Cc1c(C(=O)NCCc2cnn(-c3ccccc3)c2)oc2c1C(=O)CC(C)(C)C2. The smallest absolute Gasteiger partial charge is 0.287 e. The Bertz CT molecular complexity index is 1060. The largest absolute Gasteiger partial charge is 0.455 e.